The lowest BCUT2D eigenvalue weighted by Crippen LogP contribution is -2.15. The molecule has 0 unspecified atom stereocenters. The molecule has 4 heteroatoms. The molecule has 3 rings (SSSR count). The number of hydrogen-bond donors (Lipinski definition) is 1. The van der Waals surface area contributed by atoms with Crippen LogP contribution in [0.2, 0.25) is 0 Å². The molecule has 0 spiro atoms. The average molecular weight is 259 g/mol. The van der Waals surface area contributed by atoms with E-state index in [-0.39, 0.29) is 0 Å². The normalized spacial score (nSPS) is 15.2. The molecule has 1 aliphatic carbocycles. The first kappa shape index (κ1) is 12.6. The van der Waals surface area contributed by atoms with Gasteiger partial charge in [-0.05, 0) is 30.9 Å². The molecule has 1 aliphatic rings. The Kier molecular flexibility index (Phi) is 3.80. The van der Waals surface area contributed by atoms with Crippen LogP contribution in [0.4, 0.5) is 0 Å². The van der Waals surface area contributed by atoms with E-state index in [0.29, 0.717) is 0 Å². The van der Waals surface area contributed by atoms with Crippen LogP contribution in [0.25, 0.3) is 10.9 Å². The van der Waals surface area contributed by atoms with E-state index < -0.39 is 0 Å². The van der Waals surface area contributed by atoms with Gasteiger partial charge in [0.1, 0.15) is 0 Å². The monoisotopic (exact) mass is 259 g/mol. The second-order valence-corrected chi connectivity index (χ2v) is 5.26. The van der Waals surface area contributed by atoms with E-state index >= 15 is 0 Å². The summed E-state index contributed by atoms with van der Waals surface area (Å²) in [5.74, 6) is 0. The van der Waals surface area contributed by atoms with Gasteiger partial charge in [-0.3, -0.25) is 4.68 Å². The van der Waals surface area contributed by atoms with Crippen molar-refractivity contribution in [1.82, 2.24) is 15.1 Å². The summed E-state index contributed by atoms with van der Waals surface area (Å²) in [6, 6.07) is 7.37. The third kappa shape index (κ3) is 3.14. The molecular formula is C15H21N3O. The van der Waals surface area contributed by atoms with Crippen molar-refractivity contribution in [2.24, 2.45) is 0 Å². The first-order chi connectivity index (χ1) is 9.36. The average Bonchev–Trinajstić information content (AvgIpc) is 3.18. The molecule has 1 saturated carbocycles. The SMILES string of the molecule is COCCCn1ncc2ccc(CNC3CC3)cc21. The van der Waals surface area contributed by atoms with Gasteiger partial charge in [-0.2, -0.15) is 5.10 Å². The highest BCUT2D eigenvalue weighted by atomic mass is 16.5. The lowest BCUT2D eigenvalue weighted by molar-refractivity contribution is 0.189. The maximum Gasteiger partial charge on any atom is 0.0685 e. The number of rotatable bonds is 7. The van der Waals surface area contributed by atoms with Crippen molar-refractivity contribution in [3.05, 3.63) is 30.0 Å². The van der Waals surface area contributed by atoms with Crippen molar-refractivity contribution in [3.8, 4) is 0 Å². The van der Waals surface area contributed by atoms with E-state index in [0.717, 1.165) is 32.2 Å². The molecule has 2 aromatic rings. The van der Waals surface area contributed by atoms with Crippen LogP contribution < -0.4 is 5.32 Å². The number of methoxy groups -OCH3 is 1. The lowest BCUT2D eigenvalue weighted by Gasteiger charge is -2.06. The molecule has 1 heterocycles. The quantitative estimate of drug-likeness (QED) is 0.776. The molecule has 0 radical (unpaired) electrons. The standard InChI is InChI=1S/C15H21N3O/c1-19-8-2-7-18-15-9-12(10-16-14-5-6-14)3-4-13(15)11-17-18/h3-4,9,11,14,16H,2,5-8,10H2,1H3. The molecule has 0 atom stereocenters. The van der Waals surface area contributed by atoms with E-state index in [1.807, 2.05) is 6.20 Å². The van der Waals surface area contributed by atoms with Gasteiger partial charge in [-0.15, -0.1) is 0 Å². The van der Waals surface area contributed by atoms with Gasteiger partial charge in [0, 0.05) is 38.2 Å². The van der Waals surface area contributed by atoms with Crippen LogP contribution in [0, 0.1) is 0 Å². The summed E-state index contributed by atoms with van der Waals surface area (Å²) in [6.45, 7) is 2.66. The summed E-state index contributed by atoms with van der Waals surface area (Å²) in [6.07, 6.45) is 5.60. The number of nitrogens with zero attached hydrogens (tertiary/aromatic N) is 2. The lowest BCUT2D eigenvalue weighted by atomic mass is 10.1. The second kappa shape index (κ2) is 5.72. The number of benzene rings is 1. The summed E-state index contributed by atoms with van der Waals surface area (Å²) in [7, 11) is 1.74. The molecular weight excluding hydrogens is 238 g/mol. The van der Waals surface area contributed by atoms with E-state index in [1.165, 1.54) is 29.3 Å². The van der Waals surface area contributed by atoms with E-state index in [4.69, 9.17) is 4.74 Å². The molecule has 1 fully saturated rings. The largest absolute Gasteiger partial charge is 0.385 e. The Morgan fingerprint density at radius 1 is 1.42 bits per heavy atom. The van der Waals surface area contributed by atoms with Crippen LogP contribution in [0.1, 0.15) is 24.8 Å². The van der Waals surface area contributed by atoms with Crippen molar-refractivity contribution in [1.29, 1.82) is 0 Å². The Bertz CT molecular complexity index is 545. The predicted octanol–water partition coefficient (Wildman–Crippen LogP) is 2.32. The Labute approximate surface area is 113 Å². The number of nitrogens with one attached hydrogen (secondary N) is 1. The van der Waals surface area contributed by atoms with E-state index in [1.54, 1.807) is 7.11 Å². The Morgan fingerprint density at radius 2 is 2.32 bits per heavy atom. The summed E-state index contributed by atoms with van der Waals surface area (Å²) in [5, 5.41) is 9.22. The zero-order valence-electron chi connectivity index (χ0n) is 11.4. The van der Waals surface area contributed by atoms with Gasteiger partial charge in [0.05, 0.1) is 11.7 Å². The number of ether oxygens (including phenoxy) is 1. The minimum atomic E-state index is 0.752. The first-order valence-electron chi connectivity index (χ1n) is 7.03. The minimum absolute atomic E-state index is 0.752. The maximum atomic E-state index is 5.10. The molecule has 102 valence electrons. The number of aromatic nitrogens is 2. The zero-order chi connectivity index (χ0) is 13.1. The predicted molar refractivity (Wildman–Crippen MR) is 76.1 cm³/mol. The third-order valence-corrected chi connectivity index (χ3v) is 3.60. The highest BCUT2D eigenvalue weighted by Crippen LogP contribution is 2.20. The van der Waals surface area contributed by atoms with Crippen molar-refractivity contribution in [2.75, 3.05) is 13.7 Å². The summed E-state index contributed by atoms with van der Waals surface area (Å²) in [5.41, 5.74) is 2.57. The van der Waals surface area contributed by atoms with Crippen LogP contribution in [0.3, 0.4) is 0 Å². The van der Waals surface area contributed by atoms with Gasteiger partial charge in [0.15, 0.2) is 0 Å². The molecule has 0 amide bonds. The first-order valence-corrected chi connectivity index (χ1v) is 7.03. The fourth-order valence-electron chi connectivity index (χ4n) is 2.31. The van der Waals surface area contributed by atoms with Crippen molar-refractivity contribution < 1.29 is 4.74 Å². The van der Waals surface area contributed by atoms with Crippen LogP contribution in [-0.4, -0.2) is 29.5 Å². The highest BCUT2D eigenvalue weighted by Gasteiger charge is 2.19. The Hall–Kier alpha value is -1.39. The second-order valence-electron chi connectivity index (χ2n) is 5.26. The zero-order valence-corrected chi connectivity index (χ0v) is 11.4. The molecule has 0 saturated heterocycles. The topological polar surface area (TPSA) is 39.1 Å². The molecule has 19 heavy (non-hydrogen) atoms. The van der Waals surface area contributed by atoms with E-state index in [9.17, 15) is 0 Å². The number of aryl methyl sites for hydroxylation is 1. The molecule has 0 bridgehead atoms. The summed E-state index contributed by atoms with van der Waals surface area (Å²) in [4.78, 5) is 0. The Morgan fingerprint density at radius 3 is 3.11 bits per heavy atom. The van der Waals surface area contributed by atoms with Crippen LogP contribution in [0.5, 0.6) is 0 Å². The third-order valence-electron chi connectivity index (χ3n) is 3.60. The molecule has 4 nitrogen and oxygen atoms in total. The van der Waals surface area contributed by atoms with Crippen LogP contribution in [0.15, 0.2) is 24.4 Å². The molecule has 1 N–H and O–H groups in total. The summed E-state index contributed by atoms with van der Waals surface area (Å²) < 4.78 is 7.18. The molecule has 1 aromatic carbocycles. The number of hydrogen-bond acceptors (Lipinski definition) is 3. The van der Waals surface area contributed by atoms with Gasteiger partial charge >= 0.3 is 0 Å². The van der Waals surface area contributed by atoms with Crippen molar-refractivity contribution in [3.63, 3.8) is 0 Å². The molecule has 1 aromatic heterocycles. The van der Waals surface area contributed by atoms with Gasteiger partial charge in [-0.25, -0.2) is 0 Å². The fraction of sp³-hybridized carbons (Fsp3) is 0.533. The minimum Gasteiger partial charge on any atom is -0.385 e. The highest BCUT2D eigenvalue weighted by molar-refractivity contribution is 5.79. The van der Waals surface area contributed by atoms with Gasteiger partial charge in [0.25, 0.3) is 0 Å². The van der Waals surface area contributed by atoms with Gasteiger partial charge < -0.3 is 10.1 Å². The van der Waals surface area contributed by atoms with Gasteiger partial charge in [0.2, 0.25) is 0 Å². The Balaban J connectivity index is 1.72. The number of fused-ring (bicyclic) bond motifs is 1. The van der Waals surface area contributed by atoms with Crippen LogP contribution in [-0.2, 0) is 17.8 Å². The maximum absolute atomic E-state index is 5.10. The van der Waals surface area contributed by atoms with Crippen LogP contribution >= 0.6 is 0 Å². The van der Waals surface area contributed by atoms with Crippen molar-refractivity contribution >= 4 is 10.9 Å². The fourth-order valence-corrected chi connectivity index (χ4v) is 2.31. The molecule has 0 aliphatic heterocycles. The van der Waals surface area contributed by atoms with Gasteiger partial charge in [-0.1, -0.05) is 12.1 Å². The van der Waals surface area contributed by atoms with E-state index in [2.05, 4.69) is 33.3 Å². The smallest absolute Gasteiger partial charge is 0.0685 e. The van der Waals surface area contributed by atoms with Crippen molar-refractivity contribution in [2.45, 2.75) is 38.4 Å². The summed E-state index contributed by atoms with van der Waals surface area (Å²) >= 11 is 0.